The third-order valence-corrected chi connectivity index (χ3v) is 6.66. The van der Waals surface area contributed by atoms with Gasteiger partial charge >= 0.3 is 0 Å². The van der Waals surface area contributed by atoms with Crippen LogP contribution in [-0.2, 0) is 10.0 Å². The quantitative estimate of drug-likeness (QED) is 0.871. The summed E-state index contributed by atoms with van der Waals surface area (Å²) in [6.45, 7) is 1.81. The smallest absolute Gasteiger partial charge is 0.271 e. The number of ether oxygens (including phenoxy) is 1. The Hall–Kier alpha value is -1.56. The molecule has 0 aliphatic carbocycles. The van der Waals surface area contributed by atoms with Crippen LogP contribution in [0.5, 0.6) is 5.75 Å². The van der Waals surface area contributed by atoms with E-state index in [1.165, 1.54) is 13.2 Å². The Balaban J connectivity index is 2.49. The molecule has 2 aromatic rings. The monoisotopic (exact) mass is 386 g/mol. The van der Waals surface area contributed by atoms with Crippen LogP contribution in [0.4, 0.5) is 5.69 Å². The van der Waals surface area contributed by atoms with E-state index in [1.54, 1.807) is 18.2 Å². The molecule has 0 bridgehead atoms. The van der Waals surface area contributed by atoms with Crippen molar-refractivity contribution in [2.24, 2.45) is 0 Å². The number of sulfonamides is 1. The summed E-state index contributed by atoms with van der Waals surface area (Å²) in [5, 5.41) is 9.11. The molecule has 0 atom stereocenters. The fourth-order valence-electron chi connectivity index (χ4n) is 1.65. The van der Waals surface area contributed by atoms with Crippen molar-refractivity contribution in [1.82, 2.24) is 0 Å². The van der Waals surface area contributed by atoms with Crippen LogP contribution in [-0.4, -0.2) is 15.5 Å². The summed E-state index contributed by atoms with van der Waals surface area (Å²) >= 11 is 4.41. The van der Waals surface area contributed by atoms with Crippen LogP contribution in [0.2, 0.25) is 0 Å². The van der Waals surface area contributed by atoms with E-state index >= 15 is 0 Å². The highest BCUT2D eigenvalue weighted by Crippen LogP contribution is 2.34. The number of para-hydroxylation sites is 1. The van der Waals surface area contributed by atoms with Crippen molar-refractivity contribution < 1.29 is 13.2 Å². The molecular formula is C13H11BrN2O3S2. The van der Waals surface area contributed by atoms with Crippen molar-refractivity contribution in [3.8, 4) is 11.8 Å². The Morgan fingerprint density at radius 3 is 2.67 bits per heavy atom. The van der Waals surface area contributed by atoms with E-state index in [-0.39, 0.29) is 15.5 Å². The average molecular weight is 387 g/mol. The zero-order valence-corrected chi connectivity index (χ0v) is 14.4. The Morgan fingerprint density at radius 1 is 1.43 bits per heavy atom. The number of anilines is 1. The minimum atomic E-state index is -3.77. The molecule has 1 aromatic carbocycles. The van der Waals surface area contributed by atoms with Gasteiger partial charge in [0.15, 0.2) is 0 Å². The van der Waals surface area contributed by atoms with Crippen molar-refractivity contribution in [2.45, 2.75) is 11.1 Å². The highest BCUT2D eigenvalue weighted by atomic mass is 79.9. The number of benzene rings is 1. The predicted octanol–water partition coefficient (Wildman–Crippen LogP) is 3.50. The van der Waals surface area contributed by atoms with Gasteiger partial charge in [-0.3, -0.25) is 4.72 Å². The summed E-state index contributed by atoms with van der Waals surface area (Å²) in [7, 11) is -2.36. The van der Waals surface area contributed by atoms with E-state index in [2.05, 4.69) is 20.7 Å². The molecule has 0 spiro atoms. The first-order valence-corrected chi connectivity index (χ1v) is 8.84. The van der Waals surface area contributed by atoms with Gasteiger partial charge in [-0.1, -0.05) is 6.07 Å². The Bertz CT molecular complexity index is 803. The number of methoxy groups -OCH3 is 1. The van der Waals surface area contributed by atoms with Gasteiger partial charge in [0.2, 0.25) is 0 Å². The molecule has 0 aliphatic rings. The maximum Gasteiger partial charge on any atom is 0.271 e. The van der Waals surface area contributed by atoms with E-state index in [4.69, 9.17) is 10.00 Å². The number of thiophene rings is 1. The lowest BCUT2D eigenvalue weighted by atomic mass is 10.2. The number of hydrogen-bond acceptors (Lipinski definition) is 5. The molecule has 0 amide bonds. The molecule has 0 fully saturated rings. The maximum atomic E-state index is 12.4. The molecule has 2 rings (SSSR count). The zero-order chi connectivity index (χ0) is 15.6. The lowest BCUT2D eigenvalue weighted by Crippen LogP contribution is -2.13. The summed E-state index contributed by atoms with van der Waals surface area (Å²) in [5.74, 6) is 0.296. The van der Waals surface area contributed by atoms with Crippen LogP contribution in [0.25, 0.3) is 0 Å². The van der Waals surface area contributed by atoms with Crippen LogP contribution >= 0.6 is 27.3 Å². The van der Waals surface area contributed by atoms with Gasteiger partial charge < -0.3 is 4.74 Å². The van der Waals surface area contributed by atoms with E-state index < -0.39 is 10.0 Å². The highest BCUT2D eigenvalue weighted by Gasteiger charge is 2.21. The second-order valence-corrected chi connectivity index (χ2v) is 8.40. The third kappa shape index (κ3) is 3.20. The van der Waals surface area contributed by atoms with Crippen molar-refractivity contribution in [2.75, 3.05) is 11.8 Å². The van der Waals surface area contributed by atoms with Crippen molar-refractivity contribution in [3.05, 3.63) is 39.2 Å². The molecule has 0 radical (unpaired) electrons. The Morgan fingerprint density at radius 2 is 2.14 bits per heavy atom. The van der Waals surface area contributed by atoms with E-state index in [1.807, 2.05) is 13.0 Å². The standard InChI is InChI=1S/C13H11BrN2O3S2/c1-8-6-11(20-13(8)14)21(17,18)16-12-9(7-15)4-3-5-10(12)19-2/h3-6,16H,1-2H3. The maximum absolute atomic E-state index is 12.4. The lowest BCUT2D eigenvalue weighted by Gasteiger charge is -2.12. The molecule has 0 aliphatic heterocycles. The molecule has 21 heavy (non-hydrogen) atoms. The van der Waals surface area contributed by atoms with E-state index in [9.17, 15) is 8.42 Å². The number of aryl methyl sites for hydroxylation is 1. The van der Waals surface area contributed by atoms with Gasteiger partial charge in [-0.25, -0.2) is 8.42 Å². The summed E-state index contributed by atoms with van der Waals surface area (Å²) in [5.41, 5.74) is 1.18. The first-order chi connectivity index (χ1) is 9.89. The first kappa shape index (κ1) is 15.8. The summed E-state index contributed by atoms with van der Waals surface area (Å²) < 4.78 is 33.3. The van der Waals surface area contributed by atoms with Crippen LogP contribution in [0.1, 0.15) is 11.1 Å². The molecule has 5 nitrogen and oxygen atoms in total. The molecule has 110 valence electrons. The molecule has 1 N–H and O–H groups in total. The fourth-order valence-corrected chi connectivity index (χ4v) is 4.97. The minimum Gasteiger partial charge on any atom is -0.495 e. The van der Waals surface area contributed by atoms with Crippen molar-refractivity contribution in [3.63, 3.8) is 0 Å². The molecule has 0 saturated carbocycles. The van der Waals surface area contributed by atoms with Gasteiger partial charge in [0.25, 0.3) is 10.0 Å². The zero-order valence-electron chi connectivity index (χ0n) is 11.2. The Labute approximate surface area is 135 Å². The molecule has 1 heterocycles. The van der Waals surface area contributed by atoms with Crippen LogP contribution in [0.3, 0.4) is 0 Å². The second kappa shape index (κ2) is 6.05. The highest BCUT2D eigenvalue weighted by molar-refractivity contribution is 9.11. The molecular weight excluding hydrogens is 376 g/mol. The molecule has 1 aromatic heterocycles. The van der Waals surface area contributed by atoms with Gasteiger partial charge in [0, 0.05) is 0 Å². The summed E-state index contributed by atoms with van der Waals surface area (Å²) in [6.07, 6.45) is 0. The second-order valence-electron chi connectivity index (χ2n) is 4.12. The number of nitrogens with one attached hydrogen (secondary N) is 1. The van der Waals surface area contributed by atoms with Gasteiger partial charge in [0.1, 0.15) is 21.7 Å². The SMILES string of the molecule is COc1cccc(C#N)c1NS(=O)(=O)c1cc(C)c(Br)s1. The molecule has 8 heteroatoms. The fraction of sp³-hybridized carbons (Fsp3) is 0.154. The van der Waals surface area contributed by atoms with Crippen molar-refractivity contribution in [1.29, 1.82) is 5.26 Å². The topological polar surface area (TPSA) is 79.2 Å². The number of nitrogens with zero attached hydrogens (tertiary/aromatic N) is 1. The number of nitriles is 1. The van der Waals surface area contributed by atoms with Gasteiger partial charge in [0.05, 0.1) is 16.5 Å². The van der Waals surface area contributed by atoms with Crippen LogP contribution < -0.4 is 9.46 Å². The Kier molecular flexibility index (Phi) is 4.56. The lowest BCUT2D eigenvalue weighted by molar-refractivity contribution is 0.417. The minimum absolute atomic E-state index is 0.143. The van der Waals surface area contributed by atoms with E-state index in [0.29, 0.717) is 5.75 Å². The largest absolute Gasteiger partial charge is 0.495 e. The number of rotatable bonds is 4. The van der Waals surface area contributed by atoms with Gasteiger partial charge in [-0.05, 0) is 46.6 Å². The summed E-state index contributed by atoms with van der Waals surface area (Å²) in [6, 6.07) is 8.26. The van der Waals surface area contributed by atoms with Gasteiger partial charge in [-0.2, -0.15) is 5.26 Å². The van der Waals surface area contributed by atoms with Crippen molar-refractivity contribution >= 4 is 43.0 Å². The molecule has 0 saturated heterocycles. The number of halogens is 1. The average Bonchev–Trinajstić information content (AvgIpc) is 2.79. The molecule has 0 unspecified atom stereocenters. The number of hydrogen-bond donors (Lipinski definition) is 1. The van der Waals surface area contributed by atoms with Gasteiger partial charge in [-0.15, -0.1) is 11.3 Å². The first-order valence-electron chi connectivity index (χ1n) is 5.75. The predicted molar refractivity (Wildman–Crippen MR) is 85.3 cm³/mol. The summed E-state index contributed by atoms with van der Waals surface area (Å²) in [4.78, 5) is 0. The normalized spacial score (nSPS) is 11.0. The van der Waals surface area contributed by atoms with Crippen LogP contribution in [0.15, 0.2) is 32.3 Å². The van der Waals surface area contributed by atoms with E-state index in [0.717, 1.165) is 20.7 Å². The third-order valence-electron chi connectivity index (χ3n) is 2.70. The van der Waals surface area contributed by atoms with Crippen LogP contribution in [0, 0.1) is 18.3 Å².